The predicted molar refractivity (Wildman–Crippen MR) is 144 cm³/mol. The zero-order valence-electron chi connectivity index (χ0n) is 20.2. The Morgan fingerprint density at radius 3 is 2.50 bits per heavy atom. The Morgan fingerprint density at radius 2 is 1.77 bits per heavy atom. The molecule has 2 heterocycles. The van der Waals surface area contributed by atoms with Crippen molar-refractivity contribution in [1.29, 1.82) is 5.26 Å². The Kier molecular flexibility index (Phi) is 6.98. The van der Waals surface area contributed by atoms with Crippen LogP contribution in [0.1, 0.15) is 11.1 Å². The largest absolute Gasteiger partial charge is 0.422 e. The molecule has 0 spiro atoms. The van der Waals surface area contributed by atoms with Gasteiger partial charge in [-0.2, -0.15) is 23.5 Å². The number of amides is 1. The van der Waals surface area contributed by atoms with Crippen molar-refractivity contribution >= 4 is 40.2 Å². The van der Waals surface area contributed by atoms with Gasteiger partial charge in [0.1, 0.15) is 22.9 Å². The van der Waals surface area contributed by atoms with Crippen molar-refractivity contribution < 1.29 is 22.4 Å². The quantitative estimate of drug-likeness (QED) is 0.144. The first-order valence-corrected chi connectivity index (χ1v) is 12.0. The molecule has 2 aromatic heterocycles. The van der Waals surface area contributed by atoms with Gasteiger partial charge in [0.15, 0.2) is 0 Å². The Balaban J connectivity index is 1.60. The van der Waals surface area contributed by atoms with Crippen molar-refractivity contribution in [3.63, 3.8) is 0 Å². The van der Waals surface area contributed by atoms with E-state index in [1.54, 1.807) is 60.7 Å². The third-order valence-electron chi connectivity index (χ3n) is 5.87. The van der Waals surface area contributed by atoms with Gasteiger partial charge in [0.05, 0.1) is 27.5 Å². The van der Waals surface area contributed by atoms with Crippen LogP contribution in [0.25, 0.3) is 34.0 Å². The van der Waals surface area contributed by atoms with Crippen molar-refractivity contribution in [2.75, 3.05) is 5.32 Å². The molecule has 3 aromatic carbocycles. The molecule has 0 saturated heterocycles. The number of rotatable bonds is 5. The van der Waals surface area contributed by atoms with E-state index in [0.29, 0.717) is 22.7 Å². The minimum absolute atomic E-state index is 0.0817. The lowest BCUT2D eigenvalue weighted by atomic mass is 10.1. The Morgan fingerprint density at radius 1 is 1.05 bits per heavy atom. The van der Waals surface area contributed by atoms with Gasteiger partial charge in [-0.3, -0.25) is 4.79 Å². The standard InChI is InChI=1S/C29H16ClF3N4O3/c30-23-11-10-20(29(31,32)33)14-24(23)35-27(38)18(15-34)12-19-16-37(21-7-2-1-3-8-21)36-26(19)22-13-17-6-4-5-9-25(17)40-28(22)39/h1-14,16H,(H,35,38)/b18-12+. The molecule has 7 nitrogen and oxygen atoms in total. The van der Waals surface area contributed by atoms with Crippen molar-refractivity contribution in [1.82, 2.24) is 9.78 Å². The van der Waals surface area contributed by atoms with E-state index in [1.807, 2.05) is 6.07 Å². The Hall–Kier alpha value is -5.14. The second-order valence-electron chi connectivity index (χ2n) is 8.51. The number of alkyl halides is 3. The highest BCUT2D eigenvalue weighted by atomic mass is 35.5. The van der Waals surface area contributed by atoms with E-state index in [4.69, 9.17) is 16.0 Å². The Bertz CT molecular complexity index is 1890. The number of fused-ring (bicyclic) bond motifs is 1. The summed E-state index contributed by atoms with van der Waals surface area (Å²) in [6.07, 6.45) is -1.96. The fourth-order valence-corrected chi connectivity index (χ4v) is 4.10. The molecule has 198 valence electrons. The van der Waals surface area contributed by atoms with Gasteiger partial charge >= 0.3 is 11.8 Å². The highest BCUT2D eigenvalue weighted by Gasteiger charge is 2.31. The second kappa shape index (κ2) is 10.6. The summed E-state index contributed by atoms with van der Waals surface area (Å²) in [5.74, 6) is -1.01. The van der Waals surface area contributed by atoms with Crippen LogP contribution >= 0.6 is 11.6 Å². The van der Waals surface area contributed by atoms with Gasteiger partial charge in [0.25, 0.3) is 5.91 Å². The molecule has 1 N–H and O–H groups in total. The minimum Gasteiger partial charge on any atom is -0.422 e. The van der Waals surface area contributed by atoms with Gasteiger partial charge in [0, 0.05) is 17.1 Å². The molecule has 5 rings (SSSR count). The van der Waals surface area contributed by atoms with Gasteiger partial charge in [-0.25, -0.2) is 9.48 Å². The third-order valence-corrected chi connectivity index (χ3v) is 6.20. The second-order valence-corrected chi connectivity index (χ2v) is 8.92. The molecular weight excluding hydrogens is 545 g/mol. The van der Waals surface area contributed by atoms with Gasteiger partial charge in [-0.05, 0) is 48.5 Å². The fraction of sp³-hybridized carbons (Fsp3) is 0.0345. The highest BCUT2D eigenvalue weighted by Crippen LogP contribution is 2.34. The fourth-order valence-electron chi connectivity index (χ4n) is 3.93. The molecular formula is C29H16ClF3N4O3. The molecule has 0 aliphatic heterocycles. The summed E-state index contributed by atoms with van der Waals surface area (Å²) >= 11 is 6.00. The molecule has 0 radical (unpaired) electrons. The van der Waals surface area contributed by atoms with Gasteiger partial charge in [0.2, 0.25) is 0 Å². The first-order valence-electron chi connectivity index (χ1n) is 11.6. The number of carbonyl (C=O) groups excluding carboxylic acids is 1. The van der Waals surface area contributed by atoms with E-state index in [1.165, 1.54) is 17.0 Å². The van der Waals surface area contributed by atoms with Crippen LogP contribution in [0.5, 0.6) is 0 Å². The predicted octanol–water partition coefficient (Wildman–Crippen LogP) is 6.86. The number of benzene rings is 3. The third kappa shape index (κ3) is 5.36. The van der Waals surface area contributed by atoms with E-state index in [-0.39, 0.29) is 27.5 Å². The summed E-state index contributed by atoms with van der Waals surface area (Å²) in [5, 5.41) is 17.0. The topological polar surface area (TPSA) is 101 Å². The molecule has 0 fully saturated rings. The number of nitrogens with zero attached hydrogens (tertiary/aromatic N) is 3. The number of hydrogen-bond donors (Lipinski definition) is 1. The van der Waals surface area contributed by atoms with Crippen LogP contribution in [0.4, 0.5) is 18.9 Å². The molecule has 1 amide bonds. The summed E-state index contributed by atoms with van der Waals surface area (Å²) in [6.45, 7) is 0. The maximum atomic E-state index is 13.2. The zero-order valence-corrected chi connectivity index (χ0v) is 21.0. The summed E-state index contributed by atoms with van der Waals surface area (Å²) in [5.41, 5.74) is -1.08. The van der Waals surface area contributed by atoms with E-state index in [9.17, 15) is 28.0 Å². The highest BCUT2D eigenvalue weighted by molar-refractivity contribution is 6.34. The average Bonchev–Trinajstić information content (AvgIpc) is 3.36. The normalized spacial score (nSPS) is 11.8. The Labute approximate surface area is 229 Å². The molecule has 0 saturated carbocycles. The van der Waals surface area contributed by atoms with Crippen LogP contribution in [0.15, 0.2) is 99.8 Å². The number of hydrogen-bond acceptors (Lipinski definition) is 5. The SMILES string of the molecule is N#C/C(=C\c1cn(-c2ccccc2)nc1-c1cc2ccccc2oc1=O)C(=O)Nc1cc(C(F)(F)F)ccc1Cl. The van der Waals surface area contributed by atoms with Crippen LogP contribution in [0.2, 0.25) is 5.02 Å². The van der Waals surface area contributed by atoms with E-state index < -0.39 is 28.8 Å². The lowest BCUT2D eigenvalue weighted by Crippen LogP contribution is -2.15. The lowest BCUT2D eigenvalue weighted by Gasteiger charge is -2.11. The molecule has 0 atom stereocenters. The number of aromatic nitrogens is 2. The first kappa shape index (κ1) is 26.5. The molecule has 11 heteroatoms. The maximum absolute atomic E-state index is 13.2. The lowest BCUT2D eigenvalue weighted by molar-refractivity contribution is -0.137. The van der Waals surface area contributed by atoms with E-state index >= 15 is 0 Å². The molecule has 0 aliphatic rings. The first-order chi connectivity index (χ1) is 19.1. The van der Waals surface area contributed by atoms with E-state index in [2.05, 4.69) is 10.4 Å². The van der Waals surface area contributed by atoms with Crippen LogP contribution in [-0.2, 0) is 11.0 Å². The average molecular weight is 561 g/mol. The molecule has 40 heavy (non-hydrogen) atoms. The number of nitrogens with one attached hydrogen (secondary N) is 1. The van der Waals surface area contributed by atoms with Crippen LogP contribution in [-0.4, -0.2) is 15.7 Å². The van der Waals surface area contributed by atoms with Gasteiger partial charge < -0.3 is 9.73 Å². The van der Waals surface area contributed by atoms with Gasteiger partial charge in [-0.1, -0.05) is 48.0 Å². The van der Waals surface area contributed by atoms with Crippen LogP contribution in [0, 0.1) is 11.3 Å². The number of para-hydroxylation sites is 2. The molecule has 0 bridgehead atoms. The van der Waals surface area contributed by atoms with Crippen molar-refractivity contribution in [2.45, 2.75) is 6.18 Å². The summed E-state index contributed by atoms with van der Waals surface area (Å²) in [7, 11) is 0. The van der Waals surface area contributed by atoms with Crippen molar-refractivity contribution in [2.24, 2.45) is 0 Å². The van der Waals surface area contributed by atoms with Gasteiger partial charge in [-0.15, -0.1) is 0 Å². The minimum atomic E-state index is -4.67. The number of anilines is 1. The van der Waals surface area contributed by atoms with E-state index in [0.717, 1.165) is 12.1 Å². The molecule has 5 aromatic rings. The van der Waals surface area contributed by atoms with Crippen LogP contribution in [0.3, 0.4) is 0 Å². The monoisotopic (exact) mass is 560 g/mol. The smallest absolute Gasteiger partial charge is 0.416 e. The summed E-state index contributed by atoms with van der Waals surface area (Å²) in [4.78, 5) is 25.9. The zero-order chi connectivity index (χ0) is 28.4. The van der Waals surface area contributed by atoms with Crippen molar-refractivity contribution in [3.05, 3.63) is 117 Å². The molecule has 0 aliphatic carbocycles. The molecule has 0 unspecified atom stereocenters. The van der Waals surface area contributed by atoms with Crippen LogP contribution < -0.4 is 10.9 Å². The number of nitriles is 1. The van der Waals surface area contributed by atoms with Crippen molar-refractivity contribution in [3.8, 4) is 23.0 Å². The summed E-state index contributed by atoms with van der Waals surface area (Å²) < 4.78 is 46.4. The summed E-state index contributed by atoms with van der Waals surface area (Å²) in [6, 6.07) is 21.6. The maximum Gasteiger partial charge on any atom is 0.416 e. The number of halogens is 4. The number of carbonyl (C=O) groups is 1.